The Labute approximate surface area is 565 Å². The molecule has 2 atom stereocenters. The molecule has 0 aromatic heterocycles. The summed E-state index contributed by atoms with van der Waals surface area (Å²) in [5.74, 6) is -6.23. The van der Waals surface area contributed by atoms with Crippen LogP contribution in [0.25, 0.3) is 11.1 Å². The van der Waals surface area contributed by atoms with Crippen LogP contribution in [-0.2, 0) is 46.1 Å². The Morgan fingerprint density at radius 3 is 1.39 bits per heavy atom. The van der Waals surface area contributed by atoms with Gasteiger partial charge in [-0.15, -0.1) is 0 Å². The maximum absolute atomic E-state index is 13.2. The van der Waals surface area contributed by atoms with Crippen LogP contribution in [0.1, 0.15) is 106 Å². The summed E-state index contributed by atoms with van der Waals surface area (Å²) in [6.45, 7) is 7.36. The van der Waals surface area contributed by atoms with Crippen LogP contribution in [0.4, 0.5) is 8.78 Å². The summed E-state index contributed by atoms with van der Waals surface area (Å²) in [5.41, 5.74) is 13.8. The lowest BCUT2D eigenvalue weighted by molar-refractivity contribution is -0.143. The van der Waals surface area contributed by atoms with Gasteiger partial charge in [0.1, 0.15) is 23.7 Å². The smallest absolute Gasteiger partial charge is 0.480 e. The molecule has 1 fully saturated rings. The molecular formula is C63H66BBrCl4F2N8O12S. The summed E-state index contributed by atoms with van der Waals surface area (Å²) in [6.07, 6.45) is -0.284. The van der Waals surface area contributed by atoms with Crippen LogP contribution in [0.5, 0.6) is 0 Å². The number of esters is 1. The molecule has 6 aromatic rings. The molecule has 0 aliphatic carbocycles. The number of amides is 4. The number of nitrogens with two attached hydrogens (primary N) is 2. The summed E-state index contributed by atoms with van der Waals surface area (Å²) in [6, 6.07) is 28.1. The van der Waals surface area contributed by atoms with E-state index in [1.54, 1.807) is 60.7 Å². The highest BCUT2D eigenvalue weighted by molar-refractivity contribution is 9.10. The first-order valence-corrected chi connectivity index (χ1v) is 29.9. The second-order valence-corrected chi connectivity index (χ2v) is 24.0. The SMILES string of the molecule is CC1(C)OB(c2ccc(F)cc2)OC1(C)C.COC(=O)[C@H](CCC(=O)CNC(=O)c1cccc(CC(=N)N)c1)NC(=O)c1c(Cl)cc(Br)cc1Cl.N=C(N)Cc1cccc(C(=O)NCC(=O)CC[C@H](NC(=O)c2c(Cl)cc(-c3ccc(F)cc3)cc2Cl)C(=O)O)c1.S. The van der Waals surface area contributed by atoms with Gasteiger partial charge in [0.05, 0.1) is 74.3 Å². The van der Waals surface area contributed by atoms with Gasteiger partial charge in [0.15, 0.2) is 11.6 Å². The predicted molar refractivity (Wildman–Crippen MR) is 358 cm³/mol. The first-order valence-electron chi connectivity index (χ1n) is 27.6. The number of Topliss-reactive ketones (excluding diaryl/α,β-unsaturated/α-hetero) is 2. The van der Waals surface area contributed by atoms with Gasteiger partial charge in [0.2, 0.25) is 0 Å². The van der Waals surface area contributed by atoms with Crippen molar-refractivity contribution in [1.82, 2.24) is 21.3 Å². The predicted octanol–water partition coefficient (Wildman–Crippen LogP) is 9.76. The third-order valence-electron chi connectivity index (χ3n) is 14.0. The Kier molecular flexibility index (Phi) is 29.5. The number of hydrogen-bond acceptors (Lipinski definition) is 13. The first-order chi connectivity index (χ1) is 42.8. The van der Waals surface area contributed by atoms with Crippen molar-refractivity contribution in [1.29, 1.82) is 10.8 Å². The molecule has 6 aromatic carbocycles. The van der Waals surface area contributed by atoms with E-state index in [9.17, 15) is 52.2 Å². The number of hydrogen-bond donors (Lipinski definition) is 9. The maximum atomic E-state index is 13.2. The van der Waals surface area contributed by atoms with E-state index in [0.717, 1.165) is 12.6 Å². The molecule has 11 N–H and O–H groups in total. The number of benzene rings is 6. The van der Waals surface area contributed by atoms with Crippen molar-refractivity contribution < 1.29 is 66.3 Å². The van der Waals surface area contributed by atoms with Crippen molar-refractivity contribution in [3.05, 3.63) is 191 Å². The Bertz CT molecular complexity index is 3670. The van der Waals surface area contributed by atoms with Crippen LogP contribution in [0.3, 0.4) is 0 Å². The zero-order valence-corrected chi connectivity index (χ0v) is 55.8. The Morgan fingerprint density at radius 1 is 0.598 bits per heavy atom. The summed E-state index contributed by atoms with van der Waals surface area (Å²) in [7, 11) is 0.745. The van der Waals surface area contributed by atoms with Crippen LogP contribution in [-0.4, -0.2) is 115 Å². The highest BCUT2D eigenvalue weighted by Gasteiger charge is 2.51. The molecule has 7 rings (SSSR count). The van der Waals surface area contributed by atoms with Gasteiger partial charge in [0, 0.05) is 41.3 Å². The Morgan fingerprint density at radius 2 is 0.989 bits per heavy atom. The highest BCUT2D eigenvalue weighted by atomic mass is 79.9. The average Bonchev–Trinajstić information content (AvgIpc) is 1.59. The summed E-state index contributed by atoms with van der Waals surface area (Å²) >= 11 is 28.0. The van der Waals surface area contributed by atoms with Gasteiger partial charge in [-0.25, -0.2) is 18.4 Å². The van der Waals surface area contributed by atoms with Crippen molar-refractivity contribution in [2.75, 3.05) is 20.2 Å². The van der Waals surface area contributed by atoms with Crippen LogP contribution >= 0.6 is 75.8 Å². The van der Waals surface area contributed by atoms with Crippen LogP contribution in [0.15, 0.2) is 126 Å². The first kappa shape index (κ1) is 76.7. The van der Waals surface area contributed by atoms with E-state index in [4.69, 9.17) is 82.7 Å². The fraction of sp³-hybridized carbons (Fsp3) is 0.270. The minimum atomic E-state index is -1.43. The lowest BCUT2D eigenvalue weighted by atomic mass is 9.79. The van der Waals surface area contributed by atoms with Crippen molar-refractivity contribution >= 4 is 147 Å². The topological polar surface area (TPSA) is 332 Å². The summed E-state index contributed by atoms with van der Waals surface area (Å²) < 4.78 is 43.0. The standard InChI is InChI=1S/C28H25Cl2FN4O5.C23H23BrCl2N4O5.C12H16BFO2.H2S/c29-21-12-18(16-4-6-19(31)7-5-16)13-22(30)25(21)27(38)35-23(28(39)40)9-8-20(36)14-34-26(37)17-3-1-2-15(10-17)11-24(32)33;1-35-23(34)18(30-22(33)20-16(25)9-14(24)10-17(20)26)6-5-15(31)11-29-21(32)13-4-2-3-12(7-13)8-19(27)28;1-11(2)12(3,4)16-13(15-11)9-5-7-10(14)8-6-9;/h1-7,10,12-13,23H,8-9,11,14H2,(H3,32,33)(H,34,37)(H,35,38)(H,39,40);2-4,7,9-10,18H,5-6,8,11H2,1H3,(H3,27,28)(H,29,32)(H,30,33);5-8H,1-4H3;1H2/t23-;18-;;/m00../s1. The maximum Gasteiger partial charge on any atom is 0.494 e. The number of carbonyl (C=O) groups is 8. The largest absolute Gasteiger partial charge is 0.494 e. The molecule has 488 valence electrons. The normalized spacial score (nSPS) is 13.2. The number of methoxy groups -OCH3 is 1. The van der Waals surface area contributed by atoms with E-state index in [-0.39, 0.29) is 136 Å². The van der Waals surface area contributed by atoms with E-state index < -0.39 is 66.4 Å². The van der Waals surface area contributed by atoms with Gasteiger partial charge >= 0.3 is 19.1 Å². The third kappa shape index (κ3) is 23.1. The number of rotatable bonds is 24. The number of halogens is 7. The van der Waals surface area contributed by atoms with Crippen molar-refractivity contribution in [2.45, 2.75) is 89.5 Å². The number of aliphatic carboxylic acids is 1. The van der Waals surface area contributed by atoms with Gasteiger partial charge < -0.3 is 51.9 Å². The lowest BCUT2D eigenvalue weighted by Crippen LogP contribution is -2.42. The highest BCUT2D eigenvalue weighted by Crippen LogP contribution is 2.37. The molecule has 1 aliphatic heterocycles. The van der Waals surface area contributed by atoms with Gasteiger partial charge in [-0.05, 0) is 141 Å². The molecule has 0 saturated carbocycles. The molecule has 0 spiro atoms. The number of ether oxygens (including phenoxy) is 1. The molecule has 20 nitrogen and oxygen atoms in total. The lowest BCUT2D eigenvalue weighted by Gasteiger charge is -2.32. The van der Waals surface area contributed by atoms with E-state index in [0.29, 0.717) is 32.3 Å². The minimum absolute atomic E-state index is 0. The summed E-state index contributed by atoms with van der Waals surface area (Å²) in [5, 5.41) is 34.2. The quantitative estimate of drug-likeness (QED) is 0.0118. The number of carboxylic acids is 1. The van der Waals surface area contributed by atoms with Crippen LogP contribution in [0, 0.1) is 22.5 Å². The van der Waals surface area contributed by atoms with Crippen molar-refractivity contribution in [3.63, 3.8) is 0 Å². The third-order valence-corrected chi connectivity index (χ3v) is 15.6. The molecule has 1 heterocycles. The molecule has 1 saturated heterocycles. The Balaban J connectivity index is 0.000000316. The van der Waals surface area contributed by atoms with Gasteiger partial charge in [-0.1, -0.05) is 111 Å². The fourth-order valence-electron chi connectivity index (χ4n) is 8.50. The second kappa shape index (κ2) is 35.3. The second-order valence-electron chi connectivity index (χ2n) is 21.4. The zero-order valence-electron chi connectivity index (χ0n) is 50.2. The molecule has 1 aliphatic rings. The molecule has 0 unspecified atom stereocenters. The molecule has 0 radical (unpaired) electrons. The number of carboxylic acid groups (broad SMARTS) is 1. The zero-order chi connectivity index (χ0) is 67.5. The molecule has 4 amide bonds. The average molecular weight is 1430 g/mol. The minimum Gasteiger partial charge on any atom is -0.480 e. The number of carbonyl (C=O) groups excluding carboxylic acids is 7. The molecule has 29 heteroatoms. The van der Waals surface area contributed by atoms with Crippen LogP contribution in [0.2, 0.25) is 20.1 Å². The number of ketones is 2. The van der Waals surface area contributed by atoms with Crippen molar-refractivity contribution in [3.8, 4) is 11.1 Å². The molecule has 0 bridgehead atoms. The van der Waals surface area contributed by atoms with Crippen molar-refractivity contribution in [2.24, 2.45) is 11.5 Å². The van der Waals surface area contributed by atoms with Gasteiger partial charge in [-0.3, -0.25) is 39.6 Å². The summed E-state index contributed by atoms with van der Waals surface area (Å²) in [4.78, 5) is 98.9. The van der Waals surface area contributed by atoms with E-state index in [1.807, 2.05) is 27.7 Å². The van der Waals surface area contributed by atoms with E-state index >= 15 is 0 Å². The molecular weight excluding hydrogens is 1360 g/mol. The number of amidine groups is 2. The monoisotopic (exact) mass is 1430 g/mol. The molecule has 92 heavy (non-hydrogen) atoms. The van der Waals surface area contributed by atoms with E-state index in [2.05, 4.69) is 37.2 Å². The van der Waals surface area contributed by atoms with Gasteiger partial charge in [0.25, 0.3) is 23.6 Å². The Hall–Kier alpha value is -7.75. The fourth-order valence-corrected chi connectivity index (χ4v) is 10.5. The number of nitrogens with one attached hydrogen (secondary N) is 6. The van der Waals surface area contributed by atoms with E-state index in [1.165, 1.54) is 60.7 Å². The van der Waals surface area contributed by atoms with Gasteiger partial charge in [-0.2, -0.15) is 13.5 Å². The van der Waals surface area contributed by atoms with Crippen LogP contribution < -0.4 is 38.2 Å².